The number of ether oxygens (including phenoxy) is 6. The van der Waals surface area contributed by atoms with Crippen LogP contribution in [-0.2, 0) is 47.6 Å². The highest BCUT2D eigenvalue weighted by molar-refractivity contribution is 5.78. The van der Waals surface area contributed by atoms with Gasteiger partial charge in [0.2, 0.25) is 12.4 Å². The zero-order valence-electron chi connectivity index (χ0n) is 33.6. The van der Waals surface area contributed by atoms with Crippen molar-refractivity contribution >= 4 is 23.9 Å². The van der Waals surface area contributed by atoms with Gasteiger partial charge in [0.05, 0.1) is 34.0 Å². The predicted molar refractivity (Wildman–Crippen MR) is 191 cm³/mol. The Kier molecular flexibility index (Phi) is 12.7. The fraction of sp³-hybridized carbons (Fsp3) is 0.800. The van der Waals surface area contributed by atoms with Crippen LogP contribution in [0.5, 0.6) is 0 Å². The van der Waals surface area contributed by atoms with Gasteiger partial charge in [0, 0.05) is 5.92 Å². The van der Waals surface area contributed by atoms with Gasteiger partial charge in [-0.25, -0.2) is 0 Å². The van der Waals surface area contributed by atoms with E-state index in [0.29, 0.717) is 11.8 Å². The number of carbonyl (C=O) groups is 4. The third-order valence-corrected chi connectivity index (χ3v) is 10.1. The predicted octanol–water partition coefficient (Wildman–Crippen LogP) is 6.69. The van der Waals surface area contributed by atoms with E-state index in [-0.39, 0.29) is 17.9 Å². The van der Waals surface area contributed by atoms with Crippen molar-refractivity contribution in [2.45, 2.75) is 154 Å². The van der Waals surface area contributed by atoms with Gasteiger partial charge < -0.3 is 33.5 Å². The second-order valence-electron chi connectivity index (χ2n) is 19.3. The number of hydrogen-bond acceptors (Lipinski definition) is 11. The van der Waals surface area contributed by atoms with Crippen LogP contribution in [0.4, 0.5) is 0 Å². The molecule has 1 heterocycles. The molecular formula is C40H64O11. The van der Waals surface area contributed by atoms with Crippen molar-refractivity contribution in [1.82, 2.24) is 0 Å². The average molecular weight is 721 g/mol. The van der Waals surface area contributed by atoms with Gasteiger partial charge in [-0.15, -0.1) is 0 Å². The number of allylic oxidation sites excluding steroid dienone is 1. The molecule has 11 nitrogen and oxygen atoms in total. The van der Waals surface area contributed by atoms with Gasteiger partial charge in [0.1, 0.15) is 12.7 Å². The van der Waals surface area contributed by atoms with E-state index in [4.69, 9.17) is 28.4 Å². The minimum Gasteiger partial charge on any atom is -0.469 e. The number of esters is 4. The maximum absolute atomic E-state index is 13.5. The molecule has 3 aliphatic carbocycles. The summed E-state index contributed by atoms with van der Waals surface area (Å²) in [6.07, 6.45) is -0.254. The van der Waals surface area contributed by atoms with Crippen molar-refractivity contribution in [3.8, 4) is 0 Å². The summed E-state index contributed by atoms with van der Waals surface area (Å²) in [5, 5.41) is 11.4. The van der Waals surface area contributed by atoms with Crippen molar-refractivity contribution in [1.29, 1.82) is 0 Å². The zero-order chi connectivity index (χ0) is 39.1. The molecule has 11 heteroatoms. The van der Waals surface area contributed by atoms with Crippen LogP contribution in [0.15, 0.2) is 24.0 Å². The molecule has 1 saturated heterocycles. The minimum absolute atomic E-state index is 0.142. The highest BCUT2D eigenvalue weighted by Crippen LogP contribution is 2.60. The summed E-state index contributed by atoms with van der Waals surface area (Å²) < 4.78 is 36.2. The second kappa shape index (κ2) is 15.2. The lowest BCUT2D eigenvalue weighted by Gasteiger charge is -2.57. The monoisotopic (exact) mass is 720 g/mol. The lowest BCUT2D eigenvalue weighted by atomic mass is 9.48. The van der Waals surface area contributed by atoms with Crippen LogP contribution in [-0.4, -0.2) is 72.4 Å². The fourth-order valence-electron chi connectivity index (χ4n) is 6.18. The first-order valence-corrected chi connectivity index (χ1v) is 18.2. The van der Waals surface area contributed by atoms with E-state index in [1.54, 1.807) is 89.2 Å². The minimum atomic E-state index is -1.41. The molecule has 1 aliphatic heterocycles. The third kappa shape index (κ3) is 10.2. The Labute approximate surface area is 305 Å². The maximum Gasteiger partial charge on any atom is 0.311 e. The van der Waals surface area contributed by atoms with Crippen LogP contribution in [0.3, 0.4) is 0 Å². The lowest BCUT2D eigenvalue weighted by Crippen LogP contribution is -2.64. The van der Waals surface area contributed by atoms with Crippen molar-refractivity contribution in [2.24, 2.45) is 44.8 Å². The SMILES string of the molecule is C[C@H](/C=C/O[C@@H]1O[C@H](COC(=O)C(C)(C)C)[C@@H](OC(=O)C(C)(C)C)[C@H](OC(=O)C(C)(C)C)[C@H]1OC(=O)C(C)(C)C)[C@@H](O)C1=CC[C@H]2C[C@@H]1C2(C)C. The number of carbonyl (C=O) groups excluding carboxylic acids is 4. The molecule has 0 unspecified atom stereocenters. The molecule has 9 atom stereocenters. The summed E-state index contributed by atoms with van der Waals surface area (Å²) >= 11 is 0. The molecule has 1 N–H and O–H groups in total. The molecule has 290 valence electrons. The summed E-state index contributed by atoms with van der Waals surface area (Å²) in [6, 6.07) is 0. The quantitative estimate of drug-likeness (QED) is 0.112. The fourth-order valence-corrected chi connectivity index (χ4v) is 6.18. The van der Waals surface area contributed by atoms with Crippen LogP contribution in [0, 0.1) is 44.8 Å². The van der Waals surface area contributed by atoms with Crippen molar-refractivity contribution < 1.29 is 52.7 Å². The van der Waals surface area contributed by atoms with E-state index in [1.165, 1.54) is 6.26 Å². The summed E-state index contributed by atoms with van der Waals surface area (Å²) in [5.41, 5.74) is -2.62. The van der Waals surface area contributed by atoms with Crippen LogP contribution >= 0.6 is 0 Å². The molecule has 0 spiro atoms. The van der Waals surface area contributed by atoms with Crippen LogP contribution in [0.1, 0.15) is 117 Å². The molecule has 0 aromatic rings. The number of aliphatic hydroxyl groups excluding tert-OH is 1. The van der Waals surface area contributed by atoms with Gasteiger partial charge in [0.15, 0.2) is 12.2 Å². The molecule has 4 rings (SSSR count). The third-order valence-electron chi connectivity index (χ3n) is 10.1. The van der Waals surface area contributed by atoms with Gasteiger partial charge in [-0.05, 0) is 125 Å². The van der Waals surface area contributed by atoms with Gasteiger partial charge in [-0.3, -0.25) is 19.2 Å². The highest BCUT2D eigenvalue weighted by Gasteiger charge is 2.56. The number of rotatable bonds is 10. The summed E-state index contributed by atoms with van der Waals surface area (Å²) in [6.45, 7) is 26.1. The van der Waals surface area contributed by atoms with Gasteiger partial charge in [-0.1, -0.05) is 26.8 Å². The Balaban J connectivity index is 2.04. The molecule has 2 bridgehead atoms. The molecule has 0 aromatic carbocycles. The zero-order valence-corrected chi connectivity index (χ0v) is 33.6. The number of hydrogen-bond donors (Lipinski definition) is 1. The molecule has 4 aliphatic rings. The lowest BCUT2D eigenvalue weighted by molar-refractivity contribution is -0.301. The van der Waals surface area contributed by atoms with Crippen LogP contribution < -0.4 is 0 Å². The van der Waals surface area contributed by atoms with E-state index in [2.05, 4.69) is 19.9 Å². The van der Waals surface area contributed by atoms with Crippen molar-refractivity contribution in [3.63, 3.8) is 0 Å². The van der Waals surface area contributed by atoms with Crippen molar-refractivity contribution in [2.75, 3.05) is 6.61 Å². The smallest absolute Gasteiger partial charge is 0.311 e. The molecule has 2 fully saturated rings. The Bertz CT molecular complexity index is 1350. The van der Waals surface area contributed by atoms with E-state index < -0.39 is 82.3 Å². The number of fused-ring (bicyclic) bond motifs is 1. The second-order valence-corrected chi connectivity index (χ2v) is 19.3. The van der Waals surface area contributed by atoms with Gasteiger partial charge in [0.25, 0.3) is 0 Å². The normalized spacial score (nSPS) is 29.2. The Hall–Kier alpha value is -2.92. The molecule has 0 radical (unpaired) electrons. The topological polar surface area (TPSA) is 144 Å². The standard InChI is InChI=1S/C40H64O11/c1-22(27(41)24-17-16-23-20-25(24)40(23,14)15)18-19-46-31-30(51-35(45)39(11,12)13)29(50-34(44)38(8,9)10)28(49-33(43)37(5,6)7)26(48-31)21-47-32(42)36(2,3)4/h17-19,22-23,25-31,41H,16,20-21H2,1-15H3/b19-18+/t22-,23+,25+,26-,27-,28-,29+,30-,31-/m1/s1. The van der Waals surface area contributed by atoms with Crippen LogP contribution in [0.2, 0.25) is 0 Å². The Morgan fingerprint density at radius 1 is 0.804 bits per heavy atom. The van der Waals surface area contributed by atoms with E-state index >= 15 is 0 Å². The van der Waals surface area contributed by atoms with Gasteiger partial charge in [-0.2, -0.15) is 0 Å². The summed E-state index contributed by atoms with van der Waals surface area (Å²) in [4.78, 5) is 53.2. The van der Waals surface area contributed by atoms with Gasteiger partial charge >= 0.3 is 23.9 Å². The molecule has 1 saturated carbocycles. The van der Waals surface area contributed by atoms with E-state index in [1.807, 2.05) is 6.92 Å². The van der Waals surface area contributed by atoms with Crippen LogP contribution in [0.25, 0.3) is 0 Å². The number of aliphatic hydroxyl groups is 1. The largest absolute Gasteiger partial charge is 0.469 e. The van der Waals surface area contributed by atoms with E-state index in [0.717, 1.165) is 18.4 Å². The summed E-state index contributed by atoms with van der Waals surface area (Å²) in [5.74, 6) is -1.86. The first-order chi connectivity index (χ1) is 23.1. The average Bonchev–Trinajstić information content (AvgIpc) is 2.99. The molecule has 0 amide bonds. The molecule has 51 heavy (non-hydrogen) atoms. The summed E-state index contributed by atoms with van der Waals surface area (Å²) in [7, 11) is 0. The Morgan fingerprint density at radius 2 is 1.27 bits per heavy atom. The highest BCUT2D eigenvalue weighted by atomic mass is 16.7. The van der Waals surface area contributed by atoms with Crippen molar-refractivity contribution in [3.05, 3.63) is 24.0 Å². The first-order valence-electron chi connectivity index (χ1n) is 18.2. The first kappa shape index (κ1) is 42.5. The van der Waals surface area contributed by atoms with E-state index in [9.17, 15) is 24.3 Å². The molecular weight excluding hydrogens is 656 g/mol. The molecule has 0 aromatic heterocycles. The Morgan fingerprint density at radius 3 is 1.73 bits per heavy atom. The maximum atomic E-state index is 13.5.